The van der Waals surface area contributed by atoms with Gasteiger partial charge in [-0.05, 0) is 53.6 Å². The molecule has 1 fully saturated rings. The highest BCUT2D eigenvalue weighted by Crippen LogP contribution is 2.41. The van der Waals surface area contributed by atoms with Crippen molar-refractivity contribution in [2.75, 3.05) is 6.79 Å². The first-order chi connectivity index (χ1) is 15.5. The maximum Gasteiger partial charge on any atom is 0.295 e. The van der Waals surface area contributed by atoms with Gasteiger partial charge in [0.15, 0.2) is 11.5 Å². The number of aliphatic hydroxyl groups is 1. The van der Waals surface area contributed by atoms with E-state index in [-0.39, 0.29) is 24.7 Å². The third kappa shape index (κ3) is 3.35. The summed E-state index contributed by atoms with van der Waals surface area (Å²) in [6.07, 6.45) is 3.10. The number of pyridine rings is 1. The van der Waals surface area contributed by atoms with Gasteiger partial charge in [0.25, 0.3) is 11.7 Å². The Bertz CT molecular complexity index is 1240. The fourth-order valence-corrected chi connectivity index (χ4v) is 3.92. The molecule has 0 aliphatic carbocycles. The Morgan fingerprint density at radius 2 is 1.75 bits per heavy atom. The molecule has 2 aromatic carbocycles. The summed E-state index contributed by atoms with van der Waals surface area (Å²) in [6, 6.07) is 13.0. The van der Waals surface area contributed by atoms with Crippen LogP contribution in [0.4, 0.5) is 4.39 Å². The zero-order chi connectivity index (χ0) is 22.2. The number of nitrogens with zero attached hydrogens (tertiary/aromatic N) is 2. The molecule has 7 nitrogen and oxygen atoms in total. The molecule has 1 N–H and O–H groups in total. The van der Waals surface area contributed by atoms with Crippen LogP contribution < -0.4 is 9.47 Å². The Hall–Kier alpha value is -4.20. The summed E-state index contributed by atoms with van der Waals surface area (Å²) in [6.45, 7) is 0.133. The normalized spacial score (nSPS) is 18.9. The minimum absolute atomic E-state index is 0.0397. The van der Waals surface area contributed by atoms with Crippen LogP contribution in [-0.4, -0.2) is 33.5 Å². The lowest BCUT2D eigenvalue weighted by Gasteiger charge is -2.25. The number of Topliss-reactive ketones (excluding diaryl/α,β-unsaturated/α-hetero) is 1. The second-order valence-corrected chi connectivity index (χ2v) is 7.40. The lowest BCUT2D eigenvalue weighted by atomic mass is 9.95. The van der Waals surface area contributed by atoms with Gasteiger partial charge in [0, 0.05) is 24.5 Å². The zero-order valence-corrected chi connectivity index (χ0v) is 16.7. The molecule has 3 heterocycles. The van der Waals surface area contributed by atoms with Gasteiger partial charge in [-0.1, -0.05) is 12.1 Å². The van der Waals surface area contributed by atoms with Crippen molar-refractivity contribution in [3.8, 4) is 11.5 Å². The highest BCUT2D eigenvalue weighted by molar-refractivity contribution is 6.46. The molecule has 2 aliphatic heterocycles. The van der Waals surface area contributed by atoms with Crippen LogP contribution >= 0.6 is 0 Å². The number of hydrogen-bond donors (Lipinski definition) is 1. The number of hydrogen-bond acceptors (Lipinski definition) is 6. The smallest absolute Gasteiger partial charge is 0.295 e. The van der Waals surface area contributed by atoms with E-state index in [1.165, 1.54) is 17.0 Å². The third-order valence-corrected chi connectivity index (χ3v) is 5.47. The number of ether oxygens (including phenoxy) is 2. The standard InChI is InChI=1S/C24H17FN2O5/c25-17-4-1-14(2-5-17)12-27-21(15-7-9-26-10-8-15)20(23(29)24(27)30)22(28)16-3-6-18-19(11-16)32-13-31-18/h1-11,21,28H,12-13H2/b22-20-. The van der Waals surface area contributed by atoms with E-state index in [9.17, 15) is 19.1 Å². The molecule has 0 spiro atoms. The number of carbonyl (C=O) groups excluding carboxylic acids is 2. The second-order valence-electron chi connectivity index (χ2n) is 7.40. The molecular weight excluding hydrogens is 415 g/mol. The Kier molecular flexibility index (Phi) is 4.82. The van der Waals surface area contributed by atoms with Crippen molar-refractivity contribution < 1.29 is 28.6 Å². The summed E-state index contributed by atoms with van der Waals surface area (Å²) in [5.74, 6) is -1.30. The number of benzene rings is 2. The zero-order valence-electron chi connectivity index (χ0n) is 16.7. The third-order valence-electron chi connectivity index (χ3n) is 5.47. The summed E-state index contributed by atoms with van der Waals surface area (Å²) in [7, 11) is 0. The van der Waals surface area contributed by atoms with Crippen LogP contribution in [0, 0.1) is 5.82 Å². The number of aliphatic hydroxyl groups excluding tert-OH is 1. The summed E-state index contributed by atoms with van der Waals surface area (Å²) in [4.78, 5) is 31.4. The number of rotatable bonds is 4. The molecule has 3 aromatic rings. The second kappa shape index (κ2) is 7.81. The van der Waals surface area contributed by atoms with Gasteiger partial charge in [0.05, 0.1) is 11.6 Å². The van der Waals surface area contributed by atoms with Gasteiger partial charge < -0.3 is 19.5 Å². The van der Waals surface area contributed by atoms with Gasteiger partial charge in [0.2, 0.25) is 6.79 Å². The largest absolute Gasteiger partial charge is 0.507 e. The van der Waals surface area contributed by atoms with Gasteiger partial charge in [-0.2, -0.15) is 0 Å². The van der Waals surface area contributed by atoms with Crippen LogP contribution in [0.25, 0.3) is 5.76 Å². The van der Waals surface area contributed by atoms with Crippen molar-refractivity contribution in [2.45, 2.75) is 12.6 Å². The predicted molar refractivity (Wildman–Crippen MR) is 111 cm³/mol. The summed E-state index contributed by atoms with van der Waals surface area (Å²) >= 11 is 0. The number of likely N-dealkylation sites (tertiary alicyclic amines) is 1. The van der Waals surface area contributed by atoms with Crippen LogP contribution in [0.5, 0.6) is 11.5 Å². The predicted octanol–water partition coefficient (Wildman–Crippen LogP) is 3.57. The molecule has 1 aromatic heterocycles. The van der Waals surface area contributed by atoms with E-state index in [1.54, 1.807) is 54.9 Å². The highest BCUT2D eigenvalue weighted by atomic mass is 19.1. The van der Waals surface area contributed by atoms with Crippen molar-refractivity contribution >= 4 is 17.4 Å². The minimum atomic E-state index is -0.839. The Labute approximate surface area is 182 Å². The maximum atomic E-state index is 13.3. The summed E-state index contributed by atoms with van der Waals surface area (Å²) in [5, 5.41) is 11.1. The van der Waals surface area contributed by atoms with E-state index in [2.05, 4.69) is 4.98 Å². The van der Waals surface area contributed by atoms with E-state index in [4.69, 9.17) is 9.47 Å². The topological polar surface area (TPSA) is 89.0 Å². The maximum absolute atomic E-state index is 13.3. The van der Waals surface area contributed by atoms with Gasteiger partial charge in [-0.15, -0.1) is 0 Å². The molecule has 1 amide bonds. The van der Waals surface area contributed by atoms with Crippen molar-refractivity contribution in [2.24, 2.45) is 0 Å². The van der Waals surface area contributed by atoms with E-state index in [0.717, 1.165) is 0 Å². The molecular formula is C24H17FN2O5. The van der Waals surface area contributed by atoms with Crippen LogP contribution in [0.2, 0.25) is 0 Å². The van der Waals surface area contributed by atoms with Crippen LogP contribution in [0.3, 0.4) is 0 Å². The summed E-state index contributed by atoms with van der Waals surface area (Å²) in [5.41, 5.74) is 1.55. The molecule has 0 bridgehead atoms. The number of halogens is 1. The lowest BCUT2D eigenvalue weighted by molar-refractivity contribution is -0.140. The molecule has 5 rings (SSSR count). The van der Waals surface area contributed by atoms with Gasteiger partial charge in [0.1, 0.15) is 11.6 Å². The number of aromatic nitrogens is 1. The molecule has 0 radical (unpaired) electrons. The fourth-order valence-electron chi connectivity index (χ4n) is 3.92. The number of amides is 1. The minimum Gasteiger partial charge on any atom is -0.507 e. The molecule has 160 valence electrons. The Balaban J connectivity index is 1.62. The quantitative estimate of drug-likeness (QED) is 0.385. The Morgan fingerprint density at radius 1 is 1.03 bits per heavy atom. The molecule has 0 saturated carbocycles. The molecule has 32 heavy (non-hydrogen) atoms. The average Bonchev–Trinajstić information content (AvgIpc) is 3.38. The first kappa shape index (κ1) is 19.7. The van der Waals surface area contributed by atoms with Crippen molar-refractivity contribution in [3.63, 3.8) is 0 Å². The first-order valence-corrected chi connectivity index (χ1v) is 9.86. The number of carbonyl (C=O) groups is 2. The average molecular weight is 432 g/mol. The van der Waals surface area contributed by atoms with E-state index in [1.807, 2.05) is 0 Å². The van der Waals surface area contributed by atoms with Gasteiger partial charge >= 0.3 is 0 Å². The van der Waals surface area contributed by atoms with Crippen LogP contribution in [0.15, 0.2) is 72.6 Å². The van der Waals surface area contributed by atoms with Crippen molar-refractivity contribution in [1.29, 1.82) is 0 Å². The monoisotopic (exact) mass is 432 g/mol. The van der Waals surface area contributed by atoms with Crippen LogP contribution in [0.1, 0.15) is 22.7 Å². The van der Waals surface area contributed by atoms with E-state index < -0.39 is 23.5 Å². The van der Waals surface area contributed by atoms with Gasteiger partial charge in [-0.25, -0.2) is 4.39 Å². The molecule has 1 atom stereocenters. The SMILES string of the molecule is O=C1C(=O)N(Cc2ccc(F)cc2)C(c2ccncc2)/C1=C(/O)c1ccc2c(c1)OCO2. The molecule has 1 unspecified atom stereocenters. The first-order valence-electron chi connectivity index (χ1n) is 9.86. The summed E-state index contributed by atoms with van der Waals surface area (Å²) < 4.78 is 24.0. The molecule has 8 heteroatoms. The molecule has 2 aliphatic rings. The number of fused-ring (bicyclic) bond motifs is 1. The highest BCUT2D eigenvalue weighted by Gasteiger charge is 2.46. The van der Waals surface area contributed by atoms with E-state index in [0.29, 0.717) is 28.2 Å². The van der Waals surface area contributed by atoms with Gasteiger partial charge in [-0.3, -0.25) is 14.6 Å². The molecule has 1 saturated heterocycles. The van der Waals surface area contributed by atoms with E-state index >= 15 is 0 Å². The van der Waals surface area contributed by atoms with Crippen LogP contribution in [-0.2, 0) is 16.1 Å². The Morgan fingerprint density at radius 3 is 2.50 bits per heavy atom. The van der Waals surface area contributed by atoms with Crippen molar-refractivity contribution in [3.05, 3.63) is 95.1 Å². The van der Waals surface area contributed by atoms with Crippen molar-refractivity contribution in [1.82, 2.24) is 9.88 Å². The fraction of sp³-hybridized carbons (Fsp3) is 0.125. The number of ketones is 1. The lowest BCUT2D eigenvalue weighted by Crippen LogP contribution is -2.29.